The molecule has 1 aromatic carbocycles. The maximum absolute atomic E-state index is 12.3. The van der Waals surface area contributed by atoms with Crippen molar-refractivity contribution in [2.24, 2.45) is 0 Å². The molecule has 0 aliphatic carbocycles. The number of benzene rings is 1. The molecule has 1 rings (SSSR count). The summed E-state index contributed by atoms with van der Waals surface area (Å²) >= 11 is 0. The molecule has 0 aromatic heterocycles. The molecule has 0 aliphatic heterocycles. The van der Waals surface area contributed by atoms with Crippen LogP contribution in [0.15, 0.2) is 30.3 Å². The standard InChI is InChI=1S/C14H21O6PS/c1-5-19-14(15)13(21(2,3)4)12(20-22(16,17)18)11-9-7-6-8-10-11/h6-10,12-13H,5H2,1-4H3. The molecule has 124 valence electrons. The van der Waals surface area contributed by atoms with E-state index in [1.165, 1.54) is 0 Å². The van der Waals surface area contributed by atoms with Gasteiger partial charge in [-0.25, -0.2) is 13.2 Å². The van der Waals surface area contributed by atoms with Gasteiger partial charge in [-0.1, -0.05) is 30.3 Å². The minimum absolute atomic E-state index is 0.168. The van der Waals surface area contributed by atoms with Crippen molar-refractivity contribution >= 4 is 23.6 Å². The Kier molecular flexibility index (Phi) is 6.50. The lowest BCUT2D eigenvalue weighted by molar-refractivity contribution is -0.144. The van der Waals surface area contributed by atoms with Crippen LogP contribution < -0.4 is 0 Å². The van der Waals surface area contributed by atoms with Crippen LogP contribution in [0.4, 0.5) is 0 Å². The van der Waals surface area contributed by atoms with Gasteiger partial charge in [0.2, 0.25) is 10.4 Å². The summed E-state index contributed by atoms with van der Waals surface area (Å²) in [7, 11) is -6.89. The second-order valence-electron chi connectivity index (χ2n) is 5.65. The van der Waals surface area contributed by atoms with E-state index >= 15 is 0 Å². The minimum atomic E-state index is -4.97. The van der Waals surface area contributed by atoms with Crippen molar-refractivity contribution in [1.29, 1.82) is 0 Å². The fourth-order valence-corrected chi connectivity index (χ4v) is 4.44. The summed E-state index contributed by atoms with van der Waals surface area (Å²) in [6, 6.07) is 8.37. The second-order valence-corrected chi connectivity index (χ2v) is 11.4. The van der Waals surface area contributed by atoms with Crippen LogP contribution in [0.2, 0.25) is 0 Å². The van der Waals surface area contributed by atoms with Gasteiger partial charge < -0.3 is 9.29 Å². The molecule has 0 bridgehead atoms. The van der Waals surface area contributed by atoms with Gasteiger partial charge in [-0.15, -0.1) is 0 Å². The number of ether oxygens (including phenoxy) is 1. The quantitative estimate of drug-likeness (QED) is 0.324. The third-order valence-electron chi connectivity index (χ3n) is 3.00. The molecule has 1 aromatic rings. The third kappa shape index (κ3) is 5.65. The number of hydrogen-bond acceptors (Lipinski definition) is 6. The predicted octanol–water partition coefficient (Wildman–Crippen LogP) is 2.04. The topological polar surface area (TPSA) is 92.7 Å². The van der Waals surface area contributed by atoms with Crippen LogP contribution in [0.5, 0.6) is 0 Å². The number of carbonyl (C=O) groups is 1. The van der Waals surface area contributed by atoms with Gasteiger partial charge in [-0.3, -0.25) is 4.18 Å². The summed E-state index contributed by atoms with van der Waals surface area (Å²) < 4.78 is 43.1. The zero-order valence-corrected chi connectivity index (χ0v) is 14.8. The van der Waals surface area contributed by atoms with Gasteiger partial charge in [0, 0.05) is 27.3 Å². The monoisotopic (exact) mass is 348 g/mol. The molecule has 0 amide bonds. The number of rotatable bonds is 7. The summed E-state index contributed by atoms with van der Waals surface area (Å²) in [4.78, 5) is 12.3. The average molecular weight is 348 g/mol. The highest BCUT2D eigenvalue weighted by Gasteiger charge is 2.47. The molecule has 0 radical (unpaired) electrons. The van der Waals surface area contributed by atoms with Crippen molar-refractivity contribution in [1.82, 2.24) is 0 Å². The summed E-state index contributed by atoms with van der Waals surface area (Å²) in [5.41, 5.74) is -0.381. The number of carbonyl (C=O) groups excluding carboxylic acids is 1. The highest BCUT2D eigenvalue weighted by Crippen LogP contribution is 2.57. The smallest absolute Gasteiger partial charge is 0.350 e. The Balaban J connectivity index is 3.34. The summed E-state index contributed by atoms with van der Waals surface area (Å²) in [6.45, 7) is 7.43. The second kappa shape index (κ2) is 7.51. The highest BCUT2D eigenvalue weighted by molar-refractivity contribution is 7.81. The highest BCUT2D eigenvalue weighted by atomic mass is 32.3. The third-order valence-corrected chi connectivity index (χ3v) is 5.59. The Hall–Kier alpha value is -1.01. The normalized spacial score (nSPS) is 15.1. The maximum atomic E-state index is 12.3. The minimum Gasteiger partial charge on any atom is -0.726 e. The number of hydrogen-bond donors (Lipinski definition) is 0. The molecule has 0 saturated carbocycles. The lowest BCUT2D eigenvalue weighted by Gasteiger charge is -2.30. The Morgan fingerprint density at radius 1 is 1.23 bits per heavy atom. The molecule has 0 spiro atoms. The van der Waals surface area contributed by atoms with E-state index in [-0.39, 0.29) is 6.61 Å². The van der Waals surface area contributed by atoms with Crippen LogP contribution in [0.25, 0.3) is 0 Å². The lowest BCUT2D eigenvalue weighted by Crippen LogP contribution is -2.34. The fourth-order valence-electron chi connectivity index (χ4n) is 2.13. The van der Waals surface area contributed by atoms with Crippen molar-refractivity contribution in [3.8, 4) is 0 Å². The molecular weight excluding hydrogens is 327 g/mol. The Morgan fingerprint density at radius 2 is 1.77 bits per heavy atom. The lowest BCUT2D eigenvalue weighted by atomic mass is 10.1. The van der Waals surface area contributed by atoms with E-state index in [4.69, 9.17) is 8.92 Å². The van der Waals surface area contributed by atoms with Gasteiger partial charge in [-0.05, 0) is 12.5 Å². The Bertz CT molecular complexity index is 594. The molecular formula is C14H21O6PS. The molecule has 2 atom stereocenters. The van der Waals surface area contributed by atoms with E-state index < -0.39 is 35.4 Å². The Morgan fingerprint density at radius 3 is 2.18 bits per heavy atom. The van der Waals surface area contributed by atoms with Crippen molar-refractivity contribution < 1.29 is 26.7 Å². The van der Waals surface area contributed by atoms with Crippen molar-refractivity contribution in [3.63, 3.8) is 0 Å². The van der Waals surface area contributed by atoms with Crippen LogP contribution >= 0.6 is 7.26 Å². The van der Waals surface area contributed by atoms with Gasteiger partial charge in [0.1, 0.15) is 6.10 Å². The first-order valence-corrected chi connectivity index (χ1v) is 11.3. The fraction of sp³-hybridized carbons (Fsp3) is 0.500. The van der Waals surface area contributed by atoms with Crippen LogP contribution in [0.1, 0.15) is 18.6 Å². The maximum Gasteiger partial charge on any atom is 0.350 e. The number of esters is 1. The van der Waals surface area contributed by atoms with Gasteiger partial charge in [0.05, 0.1) is 6.61 Å². The van der Waals surface area contributed by atoms with Gasteiger partial charge in [0.15, 0.2) is 5.66 Å². The van der Waals surface area contributed by atoms with Gasteiger partial charge in [0.25, 0.3) is 0 Å². The molecule has 22 heavy (non-hydrogen) atoms. The van der Waals surface area contributed by atoms with Crippen LogP contribution in [-0.2, 0) is 24.1 Å². The van der Waals surface area contributed by atoms with E-state index in [9.17, 15) is 17.8 Å². The van der Waals surface area contributed by atoms with Gasteiger partial charge in [-0.2, -0.15) is 0 Å². The molecule has 6 nitrogen and oxygen atoms in total. The summed E-state index contributed by atoms with van der Waals surface area (Å²) in [5, 5.41) is 0. The van der Waals surface area contributed by atoms with E-state index in [1.54, 1.807) is 37.3 Å². The molecule has 2 unspecified atom stereocenters. The van der Waals surface area contributed by atoms with Crippen LogP contribution in [0, 0.1) is 0 Å². The molecule has 0 fully saturated rings. The van der Waals surface area contributed by atoms with E-state index in [0.29, 0.717) is 5.56 Å². The van der Waals surface area contributed by atoms with Crippen molar-refractivity contribution in [2.75, 3.05) is 26.6 Å². The van der Waals surface area contributed by atoms with Crippen molar-refractivity contribution in [2.45, 2.75) is 18.7 Å². The SMILES string of the molecule is CCOC(=O)C(C(OS(=O)(=O)[O-])c1ccccc1)[P+](C)(C)C. The van der Waals surface area contributed by atoms with Crippen LogP contribution in [0.3, 0.4) is 0 Å². The van der Waals surface area contributed by atoms with Crippen LogP contribution in [-0.4, -0.2) is 51.2 Å². The Labute approximate surface area is 132 Å². The zero-order chi connectivity index (χ0) is 17.0. The molecule has 0 aliphatic rings. The molecule has 0 saturated heterocycles. The first kappa shape index (κ1) is 19.0. The average Bonchev–Trinajstić information content (AvgIpc) is 2.36. The molecule has 8 heteroatoms. The zero-order valence-electron chi connectivity index (χ0n) is 13.1. The van der Waals surface area contributed by atoms with E-state index in [1.807, 2.05) is 20.0 Å². The first-order chi connectivity index (χ1) is 10.1. The first-order valence-electron chi connectivity index (χ1n) is 6.73. The van der Waals surface area contributed by atoms with E-state index in [2.05, 4.69) is 0 Å². The summed E-state index contributed by atoms with van der Waals surface area (Å²) in [5.74, 6) is -0.555. The predicted molar refractivity (Wildman–Crippen MR) is 85.1 cm³/mol. The van der Waals surface area contributed by atoms with E-state index in [0.717, 1.165) is 0 Å². The summed E-state index contributed by atoms with van der Waals surface area (Å²) in [6.07, 6.45) is -1.18. The molecule has 0 heterocycles. The molecule has 0 N–H and O–H groups in total. The largest absolute Gasteiger partial charge is 0.726 e. The van der Waals surface area contributed by atoms with Gasteiger partial charge >= 0.3 is 5.97 Å². The van der Waals surface area contributed by atoms with Crippen molar-refractivity contribution in [3.05, 3.63) is 35.9 Å².